The predicted octanol–water partition coefficient (Wildman–Crippen LogP) is 6.63. The SMILES string of the molecule is CC(C)c1c2c(nn1Cc1ccncc1)C(=O)N1c3c(ccc(Cl)c3F)-c3cc(Cl)ccc3C21. The number of fused-ring (bicyclic) bond motifs is 8. The molecule has 2 aliphatic rings. The third-order valence-electron chi connectivity index (χ3n) is 6.52. The van der Waals surface area contributed by atoms with Gasteiger partial charge in [-0.25, -0.2) is 4.39 Å². The van der Waals surface area contributed by atoms with E-state index in [0.717, 1.165) is 27.9 Å². The zero-order valence-corrected chi connectivity index (χ0v) is 19.9. The minimum atomic E-state index is -0.621. The monoisotopic (exact) mass is 492 g/mol. The second-order valence-corrected chi connectivity index (χ2v) is 9.73. The second kappa shape index (κ2) is 7.65. The molecule has 2 aromatic carbocycles. The number of benzene rings is 2. The van der Waals surface area contributed by atoms with Crippen molar-refractivity contribution < 1.29 is 9.18 Å². The van der Waals surface area contributed by atoms with Gasteiger partial charge in [-0.15, -0.1) is 0 Å². The number of amides is 1. The summed E-state index contributed by atoms with van der Waals surface area (Å²) in [7, 11) is 0. The lowest BCUT2D eigenvalue weighted by Crippen LogP contribution is -2.34. The summed E-state index contributed by atoms with van der Waals surface area (Å²) in [5.74, 6) is -0.880. The molecule has 8 heteroatoms. The van der Waals surface area contributed by atoms with Gasteiger partial charge in [-0.1, -0.05) is 49.2 Å². The van der Waals surface area contributed by atoms with Gasteiger partial charge in [0.15, 0.2) is 11.5 Å². The zero-order chi connectivity index (χ0) is 23.7. The number of halogens is 3. The Labute approximate surface area is 205 Å². The molecule has 1 unspecified atom stereocenters. The van der Waals surface area contributed by atoms with Crippen LogP contribution in [0.15, 0.2) is 54.9 Å². The van der Waals surface area contributed by atoms with Crippen LogP contribution in [0.2, 0.25) is 10.0 Å². The van der Waals surface area contributed by atoms with Crippen LogP contribution in [0.4, 0.5) is 10.1 Å². The second-order valence-electron chi connectivity index (χ2n) is 8.88. The molecule has 4 aromatic rings. The maximum absolute atomic E-state index is 15.5. The highest BCUT2D eigenvalue weighted by atomic mass is 35.5. The Hall–Kier alpha value is -3.22. The van der Waals surface area contributed by atoms with Crippen LogP contribution < -0.4 is 4.90 Å². The standard InChI is InChI=1S/C26H19Cl2FN4O/c1-13(2)23-20-22(31-32(23)12-14-7-9-30-10-8-14)26(34)33-24(20)16-4-3-15(27)11-18(16)17-5-6-19(28)21(29)25(17)33/h3-11,13,24H,12H2,1-2H3. The van der Waals surface area contributed by atoms with Crippen molar-refractivity contribution in [3.05, 3.63) is 98.8 Å². The number of carbonyl (C=O) groups excluding carboxylic acids is 1. The Kier molecular flexibility index (Phi) is 4.80. The number of aromatic nitrogens is 3. The topological polar surface area (TPSA) is 51.0 Å². The van der Waals surface area contributed by atoms with Crippen molar-refractivity contribution >= 4 is 34.8 Å². The molecule has 1 atom stereocenters. The summed E-state index contributed by atoms with van der Waals surface area (Å²) >= 11 is 12.5. The van der Waals surface area contributed by atoms with Crippen molar-refractivity contribution in [1.82, 2.24) is 14.8 Å². The molecule has 4 heterocycles. The minimum Gasteiger partial charge on any atom is -0.292 e. The Morgan fingerprint density at radius 2 is 1.82 bits per heavy atom. The molecule has 5 nitrogen and oxygen atoms in total. The summed E-state index contributed by atoms with van der Waals surface area (Å²) in [4.78, 5) is 19.4. The van der Waals surface area contributed by atoms with E-state index >= 15 is 4.39 Å². The highest BCUT2D eigenvalue weighted by molar-refractivity contribution is 6.32. The molecular weight excluding hydrogens is 474 g/mol. The lowest BCUT2D eigenvalue weighted by Gasteiger charge is -2.35. The molecular formula is C26H19Cl2FN4O. The molecule has 1 amide bonds. The largest absolute Gasteiger partial charge is 0.292 e. The quantitative estimate of drug-likeness (QED) is 0.322. The van der Waals surface area contributed by atoms with Crippen LogP contribution in [0.3, 0.4) is 0 Å². The van der Waals surface area contributed by atoms with E-state index in [0.29, 0.717) is 22.8 Å². The van der Waals surface area contributed by atoms with Gasteiger partial charge in [-0.2, -0.15) is 5.10 Å². The summed E-state index contributed by atoms with van der Waals surface area (Å²) < 4.78 is 17.3. The van der Waals surface area contributed by atoms with E-state index < -0.39 is 11.9 Å². The van der Waals surface area contributed by atoms with Crippen LogP contribution in [-0.2, 0) is 6.54 Å². The van der Waals surface area contributed by atoms with Gasteiger partial charge >= 0.3 is 0 Å². The smallest absolute Gasteiger partial charge is 0.280 e. The summed E-state index contributed by atoms with van der Waals surface area (Å²) in [6.07, 6.45) is 3.47. The van der Waals surface area contributed by atoms with E-state index in [4.69, 9.17) is 28.3 Å². The van der Waals surface area contributed by atoms with Crippen molar-refractivity contribution in [3.63, 3.8) is 0 Å². The van der Waals surface area contributed by atoms with Gasteiger partial charge in [0.1, 0.15) is 0 Å². The molecule has 0 N–H and O–H groups in total. The van der Waals surface area contributed by atoms with E-state index in [2.05, 4.69) is 18.8 Å². The molecule has 0 bridgehead atoms. The molecule has 0 aliphatic carbocycles. The first-order valence-electron chi connectivity index (χ1n) is 11.0. The van der Waals surface area contributed by atoms with E-state index in [1.165, 1.54) is 11.0 Å². The van der Waals surface area contributed by atoms with Crippen molar-refractivity contribution in [2.45, 2.75) is 32.4 Å². The molecule has 2 aromatic heterocycles. The van der Waals surface area contributed by atoms with E-state index in [1.807, 2.05) is 28.9 Å². The molecule has 0 spiro atoms. The first-order chi connectivity index (χ1) is 16.4. The van der Waals surface area contributed by atoms with Crippen LogP contribution in [0.1, 0.15) is 58.7 Å². The number of anilines is 1. The average Bonchev–Trinajstić information content (AvgIpc) is 3.31. The van der Waals surface area contributed by atoms with Gasteiger partial charge in [0.05, 0.1) is 23.3 Å². The average molecular weight is 493 g/mol. The Morgan fingerprint density at radius 3 is 2.56 bits per heavy atom. The summed E-state index contributed by atoms with van der Waals surface area (Å²) in [5, 5.41) is 5.25. The lowest BCUT2D eigenvalue weighted by molar-refractivity contribution is 0.0986. The molecule has 6 rings (SSSR count). The normalized spacial score (nSPS) is 15.9. The maximum atomic E-state index is 15.5. The molecule has 34 heavy (non-hydrogen) atoms. The molecule has 2 aliphatic heterocycles. The van der Waals surface area contributed by atoms with Gasteiger partial charge in [-0.05, 0) is 52.9 Å². The van der Waals surface area contributed by atoms with Gasteiger partial charge in [0, 0.05) is 34.2 Å². The van der Waals surface area contributed by atoms with Crippen LogP contribution in [0, 0.1) is 5.82 Å². The van der Waals surface area contributed by atoms with Crippen LogP contribution in [0.5, 0.6) is 0 Å². The Balaban J connectivity index is 1.62. The van der Waals surface area contributed by atoms with Gasteiger partial charge in [0.25, 0.3) is 5.91 Å². The first kappa shape index (κ1) is 21.3. The number of nitrogens with zero attached hydrogens (tertiary/aromatic N) is 4. The molecule has 0 fully saturated rings. The van der Waals surface area contributed by atoms with Crippen molar-refractivity contribution in [3.8, 4) is 11.1 Å². The molecule has 0 saturated heterocycles. The third-order valence-corrected chi connectivity index (χ3v) is 7.05. The van der Waals surface area contributed by atoms with Gasteiger partial charge in [0.2, 0.25) is 0 Å². The summed E-state index contributed by atoms with van der Waals surface area (Å²) in [6.45, 7) is 4.65. The minimum absolute atomic E-state index is 0.0350. The summed E-state index contributed by atoms with van der Waals surface area (Å²) in [5.41, 5.74) is 5.56. The number of hydrogen-bond donors (Lipinski definition) is 0. The molecule has 0 saturated carbocycles. The lowest BCUT2D eigenvalue weighted by atomic mass is 9.85. The van der Waals surface area contributed by atoms with Crippen molar-refractivity contribution in [2.75, 3.05) is 4.90 Å². The molecule has 0 radical (unpaired) electrons. The number of carbonyl (C=O) groups is 1. The van der Waals surface area contributed by atoms with Gasteiger partial charge in [-0.3, -0.25) is 19.4 Å². The fourth-order valence-corrected chi connectivity index (χ4v) is 5.51. The maximum Gasteiger partial charge on any atom is 0.280 e. The Bertz CT molecular complexity index is 1480. The third kappa shape index (κ3) is 2.95. The summed E-state index contributed by atoms with van der Waals surface area (Å²) in [6, 6.07) is 12.1. The number of rotatable bonds is 3. The first-order valence-corrected chi connectivity index (χ1v) is 11.7. The van der Waals surface area contributed by atoms with E-state index in [9.17, 15) is 4.79 Å². The zero-order valence-electron chi connectivity index (χ0n) is 18.4. The fraction of sp³-hybridized carbons (Fsp3) is 0.192. The molecule has 170 valence electrons. The highest BCUT2D eigenvalue weighted by Crippen LogP contribution is 2.54. The Morgan fingerprint density at radius 1 is 1.06 bits per heavy atom. The van der Waals surface area contributed by atoms with Crippen LogP contribution >= 0.6 is 23.2 Å². The predicted molar refractivity (Wildman–Crippen MR) is 130 cm³/mol. The van der Waals surface area contributed by atoms with Crippen molar-refractivity contribution in [1.29, 1.82) is 0 Å². The fourth-order valence-electron chi connectivity index (χ4n) is 5.19. The number of hydrogen-bond acceptors (Lipinski definition) is 3. The van der Waals surface area contributed by atoms with E-state index in [1.54, 1.807) is 24.5 Å². The van der Waals surface area contributed by atoms with Crippen molar-refractivity contribution in [2.24, 2.45) is 0 Å². The highest BCUT2D eigenvalue weighted by Gasteiger charge is 2.49. The van der Waals surface area contributed by atoms with Crippen LogP contribution in [0.25, 0.3) is 11.1 Å². The van der Waals surface area contributed by atoms with Crippen LogP contribution in [-0.4, -0.2) is 20.7 Å². The van der Waals surface area contributed by atoms with E-state index in [-0.39, 0.29) is 22.5 Å². The van der Waals surface area contributed by atoms with Gasteiger partial charge < -0.3 is 0 Å². The number of pyridine rings is 1.